The van der Waals surface area contributed by atoms with Gasteiger partial charge in [0, 0.05) is 5.92 Å². The number of rotatable bonds is 7. The molecule has 1 aliphatic rings. The number of nitrogens with one attached hydrogen (secondary N) is 1. The molecule has 0 spiro atoms. The number of carbonyl (C=O) groups excluding carboxylic acids is 2. The molecular formula is C25H29NO5S. The lowest BCUT2D eigenvalue weighted by Gasteiger charge is -2.23. The van der Waals surface area contributed by atoms with Crippen LogP contribution in [0.4, 0.5) is 4.79 Å². The first-order valence-corrected chi connectivity index (χ1v) is 11.1. The molecule has 2 aromatic carbocycles. The Morgan fingerprint density at radius 1 is 1.00 bits per heavy atom. The van der Waals surface area contributed by atoms with E-state index in [1.54, 1.807) is 27.7 Å². The molecule has 1 N–H and O–H groups in total. The van der Waals surface area contributed by atoms with E-state index in [2.05, 4.69) is 29.6 Å². The van der Waals surface area contributed by atoms with E-state index in [9.17, 15) is 9.59 Å². The molecule has 3 rings (SSSR count). The summed E-state index contributed by atoms with van der Waals surface area (Å²) >= 11 is 5.25. The molecule has 0 heterocycles. The number of amides is 1. The van der Waals surface area contributed by atoms with Crippen LogP contribution in [0.3, 0.4) is 0 Å². The number of ether oxygens (including phenoxy) is 3. The maximum atomic E-state index is 12.6. The zero-order chi connectivity index (χ0) is 23.3. The van der Waals surface area contributed by atoms with Gasteiger partial charge in [-0.2, -0.15) is 0 Å². The van der Waals surface area contributed by atoms with Gasteiger partial charge in [0.25, 0.3) is 0 Å². The highest BCUT2D eigenvalue weighted by Crippen LogP contribution is 2.44. The fourth-order valence-corrected chi connectivity index (χ4v) is 4.03. The van der Waals surface area contributed by atoms with Crippen molar-refractivity contribution in [3.8, 4) is 11.1 Å². The summed E-state index contributed by atoms with van der Waals surface area (Å²) in [6, 6.07) is 15.4. The first-order chi connectivity index (χ1) is 15.2. The molecule has 0 aliphatic heterocycles. The van der Waals surface area contributed by atoms with E-state index in [1.807, 2.05) is 24.3 Å². The minimum Gasteiger partial charge on any atom is -0.485 e. The molecule has 1 amide bonds. The third kappa shape index (κ3) is 5.85. The number of benzene rings is 2. The van der Waals surface area contributed by atoms with E-state index >= 15 is 0 Å². The summed E-state index contributed by atoms with van der Waals surface area (Å²) in [4.78, 5) is 24.9. The lowest BCUT2D eigenvalue weighted by molar-refractivity contribution is -0.155. The summed E-state index contributed by atoms with van der Waals surface area (Å²) in [5.74, 6) is -0.542. The molecule has 0 radical (unpaired) electrons. The third-order valence-corrected chi connectivity index (χ3v) is 5.40. The maximum absolute atomic E-state index is 12.6. The van der Waals surface area contributed by atoms with Gasteiger partial charge in [-0.05, 0) is 62.2 Å². The second-order valence-electron chi connectivity index (χ2n) is 8.57. The molecule has 1 atom stereocenters. The molecule has 2 aromatic rings. The Labute approximate surface area is 194 Å². The molecule has 32 heavy (non-hydrogen) atoms. The normalized spacial score (nSPS) is 13.5. The number of esters is 1. The summed E-state index contributed by atoms with van der Waals surface area (Å²) < 4.78 is 16.3. The van der Waals surface area contributed by atoms with Crippen LogP contribution in [-0.2, 0) is 19.0 Å². The highest BCUT2D eigenvalue weighted by molar-refractivity contribution is 7.80. The van der Waals surface area contributed by atoms with E-state index in [4.69, 9.17) is 26.4 Å². The van der Waals surface area contributed by atoms with Crippen LogP contribution in [-0.4, -0.2) is 42.0 Å². The van der Waals surface area contributed by atoms with Gasteiger partial charge >= 0.3 is 12.1 Å². The number of hydrogen-bond donors (Lipinski definition) is 1. The van der Waals surface area contributed by atoms with E-state index in [-0.39, 0.29) is 24.0 Å². The fraction of sp³-hybridized carbons (Fsp3) is 0.400. The summed E-state index contributed by atoms with van der Waals surface area (Å²) in [7, 11) is 0. The molecular weight excluding hydrogens is 426 g/mol. The van der Waals surface area contributed by atoms with Crippen LogP contribution in [0.25, 0.3) is 11.1 Å². The minimum atomic E-state index is -0.824. The largest absolute Gasteiger partial charge is 0.485 e. The van der Waals surface area contributed by atoms with Gasteiger partial charge in [0.15, 0.2) is 5.05 Å². The number of carbonyl (C=O) groups is 2. The topological polar surface area (TPSA) is 73.9 Å². The van der Waals surface area contributed by atoms with E-state index in [1.165, 1.54) is 0 Å². The zero-order valence-electron chi connectivity index (χ0n) is 18.8. The zero-order valence-corrected chi connectivity index (χ0v) is 19.7. The van der Waals surface area contributed by atoms with Gasteiger partial charge < -0.3 is 19.5 Å². The average Bonchev–Trinajstić information content (AvgIpc) is 3.04. The molecule has 7 heteroatoms. The van der Waals surface area contributed by atoms with E-state index in [0.29, 0.717) is 6.61 Å². The van der Waals surface area contributed by atoms with Crippen molar-refractivity contribution in [3.05, 3.63) is 59.7 Å². The Hall–Kier alpha value is -2.93. The van der Waals surface area contributed by atoms with Crippen molar-refractivity contribution in [2.24, 2.45) is 0 Å². The number of alkyl carbamates (subject to hydrolysis) is 1. The van der Waals surface area contributed by atoms with E-state index in [0.717, 1.165) is 22.3 Å². The van der Waals surface area contributed by atoms with Crippen LogP contribution in [0.5, 0.6) is 0 Å². The Morgan fingerprint density at radius 2 is 1.56 bits per heavy atom. The second-order valence-corrected chi connectivity index (χ2v) is 8.97. The minimum absolute atomic E-state index is 0.0590. The third-order valence-electron chi connectivity index (χ3n) is 5.00. The van der Waals surface area contributed by atoms with Crippen molar-refractivity contribution in [3.63, 3.8) is 0 Å². The van der Waals surface area contributed by atoms with Crippen LogP contribution >= 0.6 is 12.2 Å². The summed E-state index contributed by atoms with van der Waals surface area (Å²) in [6.07, 6.45) is -0.803. The number of thiocarbonyl (C=S) groups is 1. The Balaban J connectivity index is 1.66. The molecule has 0 bridgehead atoms. The SMILES string of the molecule is CCOC(=S)[C@H](CC(=O)OC(C)(C)C)NC(=O)OCC1c2ccccc2-c2ccccc21. The molecule has 0 saturated carbocycles. The highest BCUT2D eigenvalue weighted by atomic mass is 32.1. The van der Waals surface area contributed by atoms with Crippen LogP contribution in [0, 0.1) is 0 Å². The Kier molecular flexibility index (Phi) is 7.51. The number of fused-ring (bicyclic) bond motifs is 3. The van der Waals surface area contributed by atoms with Crippen LogP contribution < -0.4 is 5.32 Å². The standard InChI is InChI=1S/C25H29NO5S/c1-5-29-23(32)21(14-22(27)31-25(2,3)4)26-24(28)30-15-20-18-12-8-6-10-16(18)17-11-7-9-13-19(17)20/h6-13,20-21H,5,14-15H2,1-4H3,(H,26,28)/t21-/m0/s1. The van der Waals surface area contributed by atoms with Gasteiger partial charge in [0.1, 0.15) is 18.2 Å². The summed E-state index contributed by atoms with van der Waals surface area (Å²) in [5.41, 5.74) is 3.90. The molecule has 0 fully saturated rings. The van der Waals surface area contributed by atoms with Crippen molar-refractivity contribution in [2.75, 3.05) is 13.2 Å². The predicted octanol–water partition coefficient (Wildman–Crippen LogP) is 4.99. The molecule has 0 saturated heterocycles. The Bertz CT molecular complexity index is 952. The van der Waals surface area contributed by atoms with E-state index < -0.39 is 23.7 Å². The molecule has 6 nitrogen and oxygen atoms in total. The van der Waals surface area contributed by atoms with Crippen molar-refractivity contribution in [1.29, 1.82) is 0 Å². The van der Waals surface area contributed by atoms with Gasteiger partial charge in [-0.1, -0.05) is 48.5 Å². The maximum Gasteiger partial charge on any atom is 0.407 e. The molecule has 0 unspecified atom stereocenters. The first-order valence-electron chi connectivity index (χ1n) is 10.7. The van der Waals surface area contributed by atoms with Crippen LogP contribution in [0.2, 0.25) is 0 Å². The smallest absolute Gasteiger partial charge is 0.407 e. The van der Waals surface area contributed by atoms with Crippen molar-refractivity contribution >= 4 is 29.3 Å². The molecule has 170 valence electrons. The average molecular weight is 456 g/mol. The second kappa shape index (κ2) is 10.1. The summed E-state index contributed by atoms with van der Waals surface area (Å²) in [6.45, 7) is 7.61. The highest BCUT2D eigenvalue weighted by Gasteiger charge is 2.30. The van der Waals surface area contributed by atoms with Crippen molar-refractivity contribution in [1.82, 2.24) is 5.32 Å². The summed E-state index contributed by atoms with van der Waals surface area (Å²) in [5, 5.41) is 2.78. The van der Waals surface area contributed by atoms with Gasteiger partial charge in [-0.25, -0.2) is 4.79 Å². The molecule has 1 aliphatic carbocycles. The van der Waals surface area contributed by atoms with Crippen molar-refractivity contribution in [2.45, 2.75) is 51.7 Å². The van der Waals surface area contributed by atoms with Crippen LogP contribution in [0.15, 0.2) is 48.5 Å². The quantitative estimate of drug-likeness (QED) is 0.468. The van der Waals surface area contributed by atoms with Gasteiger partial charge in [0.05, 0.1) is 13.0 Å². The predicted molar refractivity (Wildman–Crippen MR) is 127 cm³/mol. The number of hydrogen-bond acceptors (Lipinski definition) is 6. The van der Waals surface area contributed by atoms with Gasteiger partial charge in [0.2, 0.25) is 0 Å². The Morgan fingerprint density at radius 3 is 2.09 bits per heavy atom. The van der Waals surface area contributed by atoms with Gasteiger partial charge in [-0.3, -0.25) is 4.79 Å². The van der Waals surface area contributed by atoms with Gasteiger partial charge in [-0.15, -0.1) is 0 Å². The lowest BCUT2D eigenvalue weighted by atomic mass is 9.98. The monoisotopic (exact) mass is 455 g/mol. The lowest BCUT2D eigenvalue weighted by Crippen LogP contribution is -2.44. The molecule has 0 aromatic heterocycles. The van der Waals surface area contributed by atoms with Crippen LogP contribution in [0.1, 0.15) is 51.2 Å². The van der Waals surface area contributed by atoms with Crippen molar-refractivity contribution < 1.29 is 23.8 Å². The first kappa shape index (κ1) is 23.7. The fourth-order valence-electron chi connectivity index (χ4n) is 3.77.